The predicted molar refractivity (Wildman–Crippen MR) is 89.3 cm³/mol. The van der Waals surface area contributed by atoms with Crippen molar-refractivity contribution < 1.29 is 0 Å². The van der Waals surface area contributed by atoms with Crippen LogP contribution in [0.15, 0.2) is 23.7 Å². The van der Waals surface area contributed by atoms with Crippen molar-refractivity contribution in [1.82, 2.24) is 10.3 Å². The van der Waals surface area contributed by atoms with Crippen LogP contribution in [0.3, 0.4) is 0 Å². The van der Waals surface area contributed by atoms with Crippen LogP contribution < -0.4 is 5.32 Å². The molecule has 0 spiro atoms. The first-order valence-corrected chi connectivity index (χ1v) is 8.72. The molecule has 0 fully saturated rings. The molecule has 0 radical (unpaired) electrons. The van der Waals surface area contributed by atoms with E-state index in [0.717, 1.165) is 18.0 Å². The lowest BCUT2D eigenvalue weighted by Gasteiger charge is -2.23. The molecular weight excluding hydrogens is 264 g/mol. The summed E-state index contributed by atoms with van der Waals surface area (Å²) in [5.74, 6) is 0.795. The molecule has 0 saturated heterocycles. The van der Waals surface area contributed by atoms with E-state index in [1.807, 2.05) is 0 Å². The molecule has 1 unspecified atom stereocenters. The molecule has 1 N–H and O–H groups in total. The van der Waals surface area contributed by atoms with Gasteiger partial charge in [-0.2, -0.15) is 0 Å². The lowest BCUT2D eigenvalue weighted by molar-refractivity contribution is 0.371. The Labute approximate surface area is 126 Å². The van der Waals surface area contributed by atoms with E-state index in [-0.39, 0.29) is 0 Å². The molecule has 2 aromatic heterocycles. The van der Waals surface area contributed by atoms with E-state index >= 15 is 0 Å². The van der Waals surface area contributed by atoms with E-state index in [4.69, 9.17) is 0 Å². The third-order valence-corrected chi connectivity index (χ3v) is 4.94. The molecule has 110 valence electrons. The summed E-state index contributed by atoms with van der Waals surface area (Å²) < 4.78 is 1.30. The molecule has 0 amide bonds. The van der Waals surface area contributed by atoms with Gasteiger partial charge in [0.15, 0.2) is 0 Å². The fourth-order valence-electron chi connectivity index (χ4n) is 2.66. The zero-order valence-corrected chi connectivity index (χ0v) is 13.7. The second-order valence-corrected chi connectivity index (χ2v) is 6.45. The van der Waals surface area contributed by atoms with Gasteiger partial charge in [0.05, 0.1) is 10.2 Å². The van der Waals surface area contributed by atoms with Gasteiger partial charge in [0.2, 0.25) is 0 Å². The second-order valence-electron chi connectivity index (χ2n) is 5.50. The van der Waals surface area contributed by atoms with Gasteiger partial charge in [-0.1, -0.05) is 33.6 Å². The Bertz CT molecular complexity index is 516. The van der Waals surface area contributed by atoms with Crippen molar-refractivity contribution in [2.24, 2.45) is 5.92 Å². The van der Waals surface area contributed by atoms with Gasteiger partial charge in [-0.15, -0.1) is 11.3 Å². The minimum Gasteiger partial charge on any atom is -0.310 e. The van der Waals surface area contributed by atoms with Crippen LogP contribution in [0.4, 0.5) is 0 Å². The van der Waals surface area contributed by atoms with Gasteiger partial charge in [0, 0.05) is 12.2 Å². The van der Waals surface area contributed by atoms with Crippen LogP contribution >= 0.6 is 11.3 Å². The van der Waals surface area contributed by atoms with Gasteiger partial charge >= 0.3 is 0 Å². The van der Waals surface area contributed by atoms with Crippen molar-refractivity contribution in [3.05, 3.63) is 29.3 Å². The Morgan fingerprint density at radius 3 is 2.75 bits per heavy atom. The van der Waals surface area contributed by atoms with Crippen molar-refractivity contribution in [2.75, 3.05) is 6.54 Å². The lowest BCUT2D eigenvalue weighted by atomic mass is 9.91. The Morgan fingerprint density at radius 1 is 1.25 bits per heavy atom. The van der Waals surface area contributed by atoms with Crippen molar-refractivity contribution in [3.8, 4) is 0 Å². The molecule has 0 aromatic carbocycles. The van der Waals surface area contributed by atoms with E-state index in [1.54, 1.807) is 11.3 Å². The zero-order valence-electron chi connectivity index (χ0n) is 12.9. The van der Waals surface area contributed by atoms with E-state index in [2.05, 4.69) is 54.8 Å². The summed E-state index contributed by atoms with van der Waals surface area (Å²) in [6.07, 6.45) is 6.97. The Kier molecular flexibility index (Phi) is 5.99. The maximum Gasteiger partial charge on any atom is 0.0809 e. The van der Waals surface area contributed by atoms with E-state index < -0.39 is 0 Å². The number of pyridine rings is 1. The number of rotatable bonds is 8. The van der Waals surface area contributed by atoms with E-state index in [0.29, 0.717) is 6.04 Å². The molecule has 0 aliphatic heterocycles. The predicted octanol–water partition coefficient (Wildman–Crippen LogP) is 5.16. The number of thiophene rings is 1. The number of nitrogens with zero attached hydrogens (tertiary/aromatic N) is 1. The standard InChI is InChI=1S/C17H26N2S/c1-4-8-18-16(10-13(5-2)6-3)14-11-17-15(19-12-14)7-9-20-17/h7,9,11-13,16,18H,4-6,8,10H2,1-3H3. The molecule has 1 atom stereocenters. The number of hydrogen-bond acceptors (Lipinski definition) is 3. The molecule has 0 aliphatic carbocycles. The van der Waals surface area contributed by atoms with Crippen LogP contribution in [0.1, 0.15) is 58.1 Å². The van der Waals surface area contributed by atoms with Crippen LogP contribution in [-0.2, 0) is 0 Å². The maximum absolute atomic E-state index is 4.60. The lowest BCUT2D eigenvalue weighted by Crippen LogP contribution is -2.24. The topological polar surface area (TPSA) is 24.9 Å². The molecular formula is C17H26N2S. The van der Waals surface area contributed by atoms with Gasteiger partial charge in [-0.05, 0) is 48.4 Å². The summed E-state index contributed by atoms with van der Waals surface area (Å²) in [6, 6.07) is 4.86. The Morgan fingerprint density at radius 2 is 2.05 bits per heavy atom. The van der Waals surface area contributed by atoms with Gasteiger partial charge in [0.1, 0.15) is 0 Å². The highest BCUT2D eigenvalue weighted by Gasteiger charge is 2.16. The van der Waals surface area contributed by atoms with Crippen LogP contribution in [-0.4, -0.2) is 11.5 Å². The third-order valence-electron chi connectivity index (χ3n) is 4.09. The molecule has 0 saturated carbocycles. The van der Waals surface area contributed by atoms with Gasteiger partial charge < -0.3 is 5.32 Å². The molecule has 3 heteroatoms. The molecule has 2 rings (SSSR count). The fraction of sp³-hybridized carbons (Fsp3) is 0.588. The summed E-state index contributed by atoms with van der Waals surface area (Å²) in [7, 11) is 0. The number of fused-ring (bicyclic) bond motifs is 1. The molecule has 0 bridgehead atoms. The van der Waals surface area contributed by atoms with Crippen molar-refractivity contribution in [1.29, 1.82) is 0 Å². The molecule has 0 aliphatic rings. The SMILES string of the molecule is CCCNC(CC(CC)CC)c1cnc2ccsc2c1. The summed E-state index contributed by atoms with van der Waals surface area (Å²) in [5, 5.41) is 5.83. The summed E-state index contributed by atoms with van der Waals surface area (Å²) >= 11 is 1.78. The van der Waals surface area contributed by atoms with Crippen LogP contribution in [0, 0.1) is 5.92 Å². The highest BCUT2D eigenvalue weighted by Crippen LogP contribution is 2.28. The van der Waals surface area contributed by atoms with Gasteiger partial charge in [-0.3, -0.25) is 4.98 Å². The second kappa shape index (κ2) is 7.75. The van der Waals surface area contributed by atoms with E-state index in [1.165, 1.54) is 35.9 Å². The minimum absolute atomic E-state index is 0.443. The molecule has 2 aromatic rings. The van der Waals surface area contributed by atoms with Crippen LogP contribution in [0.25, 0.3) is 10.2 Å². The Balaban J connectivity index is 2.19. The fourth-order valence-corrected chi connectivity index (χ4v) is 3.45. The van der Waals surface area contributed by atoms with Crippen LogP contribution in [0.5, 0.6) is 0 Å². The average molecular weight is 290 g/mol. The van der Waals surface area contributed by atoms with Crippen molar-refractivity contribution in [2.45, 2.75) is 52.5 Å². The number of nitrogens with one attached hydrogen (secondary N) is 1. The first-order valence-electron chi connectivity index (χ1n) is 7.84. The average Bonchev–Trinajstić information content (AvgIpc) is 2.95. The van der Waals surface area contributed by atoms with Gasteiger partial charge in [0.25, 0.3) is 0 Å². The summed E-state index contributed by atoms with van der Waals surface area (Å²) in [6.45, 7) is 7.90. The van der Waals surface area contributed by atoms with E-state index in [9.17, 15) is 0 Å². The maximum atomic E-state index is 4.60. The Hall–Kier alpha value is -0.930. The quantitative estimate of drug-likeness (QED) is 0.726. The molecule has 2 heterocycles. The first kappa shape index (κ1) is 15.5. The third kappa shape index (κ3) is 3.80. The van der Waals surface area contributed by atoms with Gasteiger partial charge in [-0.25, -0.2) is 0 Å². The zero-order chi connectivity index (χ0) is 14.4. The van der Waals surface area contributed by atoms with Crippen molar-refractivity contribution >= 4 is 21.6 Å². The van der Waals surface area contributed by atoms with Crippen molar-refractivity contribution in [3.63, 3.8) is 0 Å². The molecule has 2 nitrogen and oxygen atoms in total. The van der Waals surface area contributed by atoms with Crippen LogP contribution in [0.2, 0.25) is 0 Å². The molecule has 20 heavy (non-hydrogen) atoms. The smallest absolute Gasteiger partial charge is 0.0809 e. The number of aromatic nitrogens is 1. The first-order chi connectivity index (χ1) is 9.78. The number of hydrogen-bond donors (Lipinski definition) is 1. The normalized spacial score (nSPS) is 13.2. The summed E-state index contributed by atoms with van der Waals surface area (Å²) in [4.78, 5) is 4.60. The monoisotopic (exact) mass is 290 g/mol. The highest BCUT2D eigenvalue weighted by atomic mass is 32.1. The summed E-state index contributed by atoms with van der Waals surface area (Å²) in [5.41, 5.74) is 2.47. The largest absolute Gasteiger partial charge is 0.310 e. The minimum atomic E-state index is 0.443. The highest BCUT2D eigenvalue weighted by molar-refractivity contribution is 7.17.